The minimum absolute atomic E-state index is 0.0916. The molecule has 0 aromatic heterocycles. The second-order valence-corrected chi connectivity index (χ2v) is 9.33. The highest BCUT2D eigenvalue weighted by molar-refractivity contribution is 8.00. The maximum atomic E-state index is 13.1. The molecule has 0 radical (unpaired) electrons. The number of sulfone groups is 1. The maximum absolute atomic E-state index is 13.1. The molecule has 3 nitrogen and oxygen atoms in total. The van der Waals surface area contributed by atoms with Crippen molar-refractivity contribution in [1.29, 1.82) is 0 Å². The summed E-state index contributed by atoms with van der Waals surface area (Å²) in [5.41, 5.74) is -0.483. The van der Waals surface area contributed by atoms with Crippen molar-refractivity contribution in [3.63, 3.8) is 0 Å². The molecule has 0 amide bonds. The fraction of sp³-hybridized carbons (Fsp3) is 0.211. The number of carbonyl (C=O) groups is 1. The Labute approximate surface area is 158 Å². The number of rotatable bonds is 4. The third-order valence-electron chi connectivity index (χ3n) is 3.54. The number of ketones is 1. The first-order chi connectivity index (χ1) is 11.5. The SMILES string of the molecule is CC(C)(C)C(=O)/C=C(/c1ccc(Cl)cc1Cl)S(=O)(=O)c1ccccc1. The van der Waals surface area contributed by atoms with Crippen molar-refractivity contribution in [2.45, 2.75) is 25.7 Å². The Balaban J connectivity index is 2.74. The first-order valence-electron chi connectivity index (χ1n) is 7.55. The van der Waals surface area contributed by atoms with Crippen molar-refractivity contribution in [2.75, 3.05) is 0 Å². The van der Waals surface area contributed by atoms with Crippen LogP contribution in [0.2, 0.25) is 10.0 Å². The van der Waals surface area contributed by atoms with Gasteiger partial charge in [0.1, 0.15) is 0 Å². The van der Waals surface area contributed by atoms with Crippen molar-refractivity contribution in [2.24, 2.45) is 5.41 Å². The molecule has 0 saturated carbocycles. The molecule has 0 saturated heterocycles. The Hall–Kier alpha value is -1.62. The summed E-state index contributed by atoms with van der Waals surface area (Å²) in [5.74, 6) is -0.312. The molecule has 2 aromatic carbocycles. The second kappa shape index (κ2) is 7.32. The van der Waals surface area contributed by atoms with E-state index in [1.807, 2.05) is 0 Å². The van der Waals surface area contributed by atoms with Gasteiger partial charge in [-0.15, -0.1) is 0 Å². The van der Waals surface area contributed by atoms with Gasteiger partial charge in [-0.3, -0.25) is 4.79 Å². The smallest absolute Gasteiger partial charge is 0.207 e. The van der Waals surface area contributed by atoms with Crippen LogP contribution >= 0.6 is 23.2 Å². The Kier molecular flexibility index (Phi) is 5.77. The van der Waals surface area contributed by atoms with Crippen LogP contribution in [0.25, 0.3) is 4.91 Å². The van der Waals surface area contributed by atoms with Crippen molar-refractivity contribution >= 4 is 43.7 Å². The van der Waals surface area contributed by atoms with E-state index in [1.54, 1.807) is 45.0 Å². The molecule has 0 unspecified atom stereocenters. The van der Waals surface area contributed by atoms with Crippen LogP contribution in [0.5, 0.6) is 0 Å². The third kappa shape index (κ3) is 4.51. The molecule has 0 aliphatic rings. The monoisotopic (exact) mass is 396 g/mol. The molecule has 2 rings (SSSR count). The van der Waals surface area contributed by atoms with E-state index >= 15 is 0 Å². The molecule has 0 aliphatic heterocycles. The highest BCUT2D eigenvalue weighted by Gasteiger charge is 2.28. The highest BCUT2D eigenvalue weighted by atomic mass is 35.5. The zero-order valence-electron chi connectivity index (χ0n) is 14.1. The highest BCUT2D eigenvalue weighted by Crippen LogP contribution is 2.35. The number of benzene rings is 2. The normalized spacial score (nSPS) is 12.9. The average Bonchev–Trinajstić information content (AvgIpc) is 2.53. The summed E-state index contributed by atoms with van der Waals surface area (Å²) >= 11 is 12.1. The van der Waals surface area contributed by atoms with Crippen LogP contribution in [0.4, 0.5) is 0 Å². The lowest BCUT2D eigenvalue weighted by atomic mass is 9.90. The molecule has 0 fully saturated rings. The summed E-state index contributed by atoms with van der Waals surface area (Å²) in [6, 6.07) is 12.4. The summed E-state index contributed by atoms with van der Waals surface area (Å²) in [7, 11) is -3.93. The van der Waals surface area contributed by atoms with Gasteiger partial charge in [-0.25, -0.2) is 8.42 Å². The molecule has 0 bridgehead atoms. The lowest BCUT2D eigenvalue weighted by Crippen LogP contribution is -2.19. The standard InChI is InChI=1S/C19H18Cl2O3S/c1-19(2,3)18(22)12-17(15-10-9-13(20)11-16(15)21)25(23,24)14-7-5-4-6-8-14/h4-12H,1-3H3/b17-12-. The Morgan fingerprint density at radius 2 is 1.60 bits per heavy atom. The molecule has 0 atom stereocenters. The van der Waals surface area contributed by atoms with E-state index in [-0.39, 0.29) is 26.2 Å². The van der Waals surface area contributed by atoms with Crippen LogP contribution in [0, 0.1) is 5.41 Å². The number of allylic oxidation sites excluding steroid dienone is 1. The molecule has 25 heavy (non-hydrogen) atoms. The van der Waals surface area contributed by atoms with Crippen molar-refractivity contribution in [3.8, 4) is 0 Å². The zero-order valence-corrected chi connectivity index (χ0v) is 16.4. The predicted octanol–water partition coefficient (Wildman–Crippen LogP) is 5.42. The topological polar surface area (TPSA) is 51.2 Å². The first-order valence-corrected chi connectivity index (χ1v) is 9.79. The second-order valence-electron chi connectivity index (χ2n) is 6.56. The van der Waals surface area contributed by atoms with Gasteiger partial charge in [-0.1, -0.05) is 68.2 Å². The lowest BCUT2D eigenvalue weighted by Gasteiger charge is -2.16. The van der Waals surface area contributed by atoms with Crippen LogP contribution in [-0.4, -0.2) is 14.2 Å². The quantitative estimate of drug-likeness (QED) is 0.647. The number of halogens is 2. The van der Waals surface area contributed by atoms with Crippen LogP contribution in [0.1, 0.15) is 26.3 Å². The third-order valence-corrected chi connectivity index (χ3v) is 5.90. The van der Waals surface area contributed by atoms with Crippen LogP contribution in [0.15, 0.2) is 59.5 Å². The van der Waals surface area contributed by atoms with Gasteiger partial charge in [0.15, 0.2) is 5.78 Å². The van der Waals surface area contributed by atoms with E-state index < -0.39 is 15.3 Å². The summed E-state index contributed by atoms with van der Waals surface area (Å²) in [6.45, 7) is 5.17. The maximum Gasteiger partial charge on any atom is 0.207 e. The van der Waals surface area contributed by atoms with E-state index in [1.165, 1.54) is 24.3 Å². The lowest BCUT2D eigenvalue weighted by molar-refractivity contribution is -0.121. The van der Waals surface area contributed by atoms with Gasteiger partial charge < -0.3 is 0 Å². The molecular weight excluding hydrogens is 379 g/mol. The molecule has 2 aromatic rings. The molecule has 6 heteroatoms. The van der Waals surface area contributed by atoms with Crippen molar-refractivity contribution < 1.29 is 13.2 Å². The van der Waals surface area contributed by atoms with Gasteiger partial charge in [0.05, 0.1) is 14.8 Å². The first kappa shape index (κ1) is 19.7. The molecular formula is C19H18Cl2O3S. The molecule has 0 spiro atoms. The number of hydrogen-bond donors (Lipinski definition) is 0. The summed E-state index contributed by atoms with van der Waals surface area (Å²) in [5, 5.41) is 0.548. The van der Waals surface area contributed by atoms with Crippen LogP contribution in [-0.2, 0) is 14.6 Å². The van der Waals surface area contributed by atoms with E-state index in [0.717, 1.165) is 6.08 Å². The van der Waals surface area contributed by atoms with Gasteiger partial charge in [0.2, 0.25) is 9.84 Å². The van der Waals surface area contributed by atoms with E-state index in [9.17, 15) is 13.2 Å². The van der Waals surface area contributed by atoms with Gasteiger partial charge in [0.25, 0.3) is 0 Å². The molecule has 0 heterocycles. The Morgan fingerprint density at radius 3 is 2.12 bits per heavy atom. The fourth-order valence-electron chi connectivity index (χ4n) is 2.05. The molecule has 0 N–H and O–H groups in total. The minimum Gasteiger partial charge on any atom is -0.294 e. The Bertz CT molecular complexity index is 925. The van der Waals surface area contributed by atoms with E-state index in [0.29, 0.717) is 5.02 Å². The van der Waals surface area contributed by atoms with Crippen LogP contribution in [0.3, 0.4) is 0 Å². The number of hydrogen-bond acceptors (Lipinski definition) is 3. The Morgan fingerprint density at radius 1 is 1.00 bits per heavy atom. The largest absolute Gasteiger partial charge is 0.294 e. The molecule has 132 valence electrons. The van der Waals surface area contributed by atoms with Crippen LogP contribution < -0.4 is 0 Å². The summed E-state index contributed by atoms with van der Waals surface area (Å²) in [6.07, 6.45) is 1.15. The minimum atomic E-state index is -3.93. The van der Waals surface area contributed by atoms with Gasteiger partial charge in [-0.05, 0) is 24.3 Å². The predicted molar refractivity (Wildman–Crippen MR) is 103 cm³/mol. The fourth-order valence-corrected chi connectivity index (χ4v) is 4.12. The van der Waals surface area contributed by atoms with Gasteiger partial charge >= 0.3 is 0 Å². The summed E-state index contributed by atoms with van der Waals surface area (Å²) in [4.78, 5) is 12.4. The van der Waals surface area contributed by atoms with E-state index in [4.69, 9.17) is 23.2 Å². The van der Waals surface area contributed by atoms with Crippen molar-refractivity contribution in [3.05, 3.63) is 70.2 Å². The summed E-state index contributed by atoms with van der Waals surface area (Å²) < 4.78 is 26.2. The molecule has 0 aliphatic carbocycles. The van der Waals surface area contributed by atoms with Crippen molar-refractivity contribution in [1.82, 2.24) is 0 Å². The average molecular weight is 397 g/mol. The zero-order chi connectivity index (χ0) is 18.8. The van der Waals surface area contributed by atoms with Gasteiger partial charge in [-0.2, -0.15) is 0 Å². The number of carbonyl (C=O) groups excluding carboxylic acids is 1. The van der Waals surface area contributed by atoms with Gasteiger partial charge in [0, 0.05) is 22.1 Å². The van der Waals surface area contributed by atoms with E-state index in [2.05, 4.69) is 0 Å².